The highest BCUT2D eigenvalue weighted by Crippen LogP contribution is 2.31. The first-order valence-electron chi connectivity index (χ1n) is 10.1. The molecule has 2 aliphatic rings. The van der Waals surface area contributed by atoms with Gasteiger partial charge < -0.3 is 21.3 Å². The van der Waals surface area contributed by atoms with Crippen LogP contribution in [-0.2, 0) is 13.0 Å². The van der Waals surface area contributed by atoms with Crippen LogP contribution in [0.4, 0.5) is 17.5 Å². The molecule has 8 nitrogen and oxygen atoms in total. The molecule has 2 aromatic rings. The molecule has 1 aliphatic heterocycles. The number of fused-ring (bicyclic) bond motifs is 1. The Labute approximate surface area is 178 Å². The van der Waals surface area contributed by atoms with Gasteiger partial charge in [0.05, 0.1) is 0 Å². The molecule has 1 saturated carbocycles. The molecule has 0 atom stereocenters. The topological polar surface area (TPSA) is 109 Å². The van der Waals surface area contributed by atoms with E-state index in [-0.39, 0.29) is 11.7 Å². The van der Waals surface area contributed by atoms with Gasteiger partial charge in [0.15, 0.2) is 11.5 Å². The summed E-state index contributed by atoms with van der Waals surface area (Å²) in [5, 5.41) is 14.7. The molecular formula is C20H26BrN7O. The average molecular weight is 460 g/mol. The first-order chi connectivity index (χ1) is 14.0. The minimum atomic E-state index is -0.630. The van der Waals surface area contributed by atoms with Gasteiger partial charge in [-0.1, -0.05) is 35.2 Å². The van der Waals surface area contributed by atoms with Gasteiger partial charge in [-0.05, 0) is 49.6 Å². The molecule has 1 fully saturated rings. The zero-order valence-electron chi connectivity index (χ0n) is 16.5. The second kappa shape index (κ2) is 8.62. The summed E-state index contributed by atoms with van der Waals surface area (Å²) in [6.07, 6.45) is 6.72. The minimum absolute atomic E-state index is 0.0781. The second-order valence-electron chi connectivity index (χ2n) is 7.88. The number of carbonyl (C=O) groups is 1. The van der Waals surface area contributed by atoms with Crippen molar-refractivity contribution in [2.75, 3.05) is 24.2 Å². The number of amides is 1. The molecular weight excluding hydrogens is 434 g/mol. The number of benzene rings is 1. The Bertz CT molecular complexity index is 914. The summed E-state index contributed by atoms with van der Waals surface area (Å²) >= 11 is 3.69. The fraction of sp³-hybridized carbons (Fsp3) is 0.500. The number of hydrogen-bond acceptors (Lipinski definition) is 7. The molecule has 154 valence electrons. The van der Waals surface area contributed by atoms with Gasteiger partial charge in [-0.25, -0.2) is 0 Å². The highest BCUT2D eigenvalue weighted by molar-refractivity contribution is 9.10. The molecule has 9 heteroatoms. The second-order valence-corrected chi connectivity index (χ2v) is 8.74. The number of hydrogen-bond donors (Lipinski definition) is 3. The molecule has 0 unspecified atom stereocenters. The van der Waals surface area contributed by atoms with Crippen LogP contribution in [0.5, 0.6) is 0 Å². The van der Waals surface area contributed by atoms with Crippen molar-refractivity contribution in [3.63, 3.8) is 0 Å². The number of anilines is 3. The van der Waals surface area contributed by atoms with E-state index in [0.29, 0.717) is 11.8 Å². The monoisotopic (exact) mass is 459 g/mol. The first kappa shape index (κ1) is 20.0. The van der Waals surface area contributed by atoms with E-state index in [1.165, 1.54) is 30.4 Å². The van der Waals surface area contributed by atoms with Gasteiger partial charge in [-0.3, -0.25) is 4.79 Å². The highest BCUT2D eigenvalue weighted by atomic mass is 79.9. The smallest absolute Gasteiger partial charge is 0.273 e. The van der Waals surface area contributed by atoms with Crippen molar-refractivity contribution in [1.29, 1.82) is 0 Å². The van der Waals surface area contributed by atoms with E-state index in [1.807, 2.05) is 6.07 Å². The Hall–Kier alpha value is -2.26. The Kier molecular flexibility index (Phi) is 5.96. The molecule has 2 heterocycles. The maximum absolute atomic E-state index is 11.8. The van der Waals surface area contributed by atoms with E-state index >= 15 is 0 Å². The van der Waals surface area contributed by atoms with Crippen molar-refractivity contribution in [2.45, 2.75) is 51.1 Å². The summed E-state index contributed by atoms with van der Waals surface area (Å²) in [6.45, 7) is 1.95. The third kappa shape index (κ3) is 4.67. The van der Waals surface area contributed by atoms with Crippen molar-refractivity contribution < 1.29 is 4.79 Å². The molecule has 4 rings (SSSR count). The molecule has 29 heavy (non-hydrogen) atoms. The zero-order valence-corrected chi connectivity index (χ0v) is 18.1. The van der Waals surface area contributed by atoms with E-state index < -0.39 is 5.91 Å². The summed E-state index contributed by atoms with van der Waals surface area (Å²) < 4.78 is 1.08. The lowest BCUT2D eigenvalue weighted by Crippen LogP contribution is -2.27. The van der Waals surface area contributed by atoms with E-state index in [0.717, 1.165) is 42.5 Å². The van der Waals surface area contributed by atoms with Crippen LogP contribution in [-0.4, -0.2) is 45.6 Å². The first-order valence-corrected chi connectivity index (χ1v) is 10.9. The van der Waals surface area contributed by atoms with Crippen molar-refractivity contribution in [2.24, 2.45) is 5.73 Å². The molecule has 0 spiro atoms. The predicted molar refractivity (Wildman–Crippen MR) is 116 cm³/mol. The Morgan fingerprint density at radius 2 is 2.03 bits per heavy atom. The van der Waals surface area contributed by atoms with E-state index in [1.54, 1.807) is 0 Å². The number of rotatable bonds is 5. The lowest BCUT2D eigenvalue weighted by Gasteiger charge is -2.26. The van der Waals surface area contributed by atoms with Gasteiger partial charge >= 0.3 is 0 Å². The number of nitrogens with two attached hydrogens (primary N) is 1. The van der Waals surface area contributed by atoms with Crippen LogP contribution in [0, 0.1) is 0 Å². The van der Waals surface area contributed by atoms with Gasteiger partial charge in [-0.15, -0.1) is 10.2 Å². The third-order valence-corrected chi connectivity index (χ3v) is 6.30. The highest BCUT2D eigenvalue weighted by Gasteiger charge is 2.21. The number of likely N-dealkylation sites (N-methyl/N-ethyl adjacent to an activating group) is 1. The average Bonchev–Trinajstić information content (AvgIpc) is 2.68. The molecule has 0 saturated heterocycles. The lowest BCUT2D eigenvalue weighted by atomic mass is 9.95. The van der Waals surface area contributed by atoms with Crippen molar-refractivity contribution >= 4 is 39.3 Å². The zero-order chi connectivity index (χ0) is 20.4. The van der Waals surface area contributed by atoms with Gasteiger partial charge in [-0.2, -0.15) is 4.98 Å². The van der Waals surface area contributed by atoms with Crippen LogP contribution < -0.4 is 16.4 Å². The Morgan fingerprint density at radius 1 is 1.24 bits per heavy atom. The number of nitrogens with one attached hydrogen (secondary N) is 2. The van der Waals surface area contributed by atoms with Crippen LogP contribution in [0.2, 0.25) is 0 Å². The molecule has 1 aromatic carbocycles. The van der Waals surface area contributed by atoms with E-state index in [4.69, 9.17) is 5.73 Å². The maximum Gasteiger partial charge on any atom is 0.273 e. The van der Waals surface area contributed by atoms with Gasteiger partial charge in [0.2, 0.25) is 5.95 Å². The third-order valence-electron chi connectivity index (χ3n) is 5.59. The Morgan fingerprint density at radius 3 is 2.79 bits per heavy atom. The van der Waals surface area contributed by atoms with E-state index in [9.17, 15) is 4.79 Å². The van der Waals surface area contributed by atoms with Crippen molar-refractivity contribution in [3.8, 4) is 0 Å². The summed E-state index contributed by atoms with van der Waals surface area (Å²) in [7, 11) is 2.12. The molecule has 1 aromatic heterocycles. The van der Waals surface area contributed by atoms with Gasteiger partial charge in [0.1, 0.15) is 0 Å². The van der Waals surface area contributed by atoms with Gasteiger partial charge in [0.25, 0.3) is 5.91 Å². The van der Waals surface area contributed by atoms with Crippen LogP contribution in [0.1, 0.15) is 53.7 Å². The largest absolute Gasteiger partial charge is 0.365 e. The minimum Gasteiger partial charge on any atom is -0.365 e. The quantitative estimate of drug-likeness (QED) is 0.629. The summed E-state index contributed by atoms with van der Waals surface area (Å²) in [5.41, 5.74) is 9.05. The molecule has 4 N–H and O–H groups in total. The summed E-state index contributed by atoms with van der Waals surface area (Å²) in [6, 6.07) is 4.43. The number of halogens is 1. The van der Waals surface area contributed by atoms with Crippen LogP contribution in [0.25, 0.3) is 0 Å². The number of aromatic nitrogens is 3. The molecule has 1 aliphatic carbocycles. The number of carbonyl (C=O) groups excluding carboxylic acids is 1. The van der Waals surface area contributed by atoms with Gasteiger partial charge in [0, 0.05) is 29.3 Å². The predicted octanol–water partition coefficient (Wildman–Crippen LogP) is 3.21. The lowest BCUT2D eigenvalue weighted by molar-refractivity contribution is 0.0995. The van der Waals surface area contributed by atoms with Crippen molar-refractivity contribution in [3.05, 3.63) is 33.4 Å². The molecule has 0 radical (unpaired) electrons. The fourth-order valence-electron chi connectivity index (χ4n) is 4.07. The summed E-state index contributed by atoms with van der Waals surface area (Å²) in [4.78, 5) is 18.6. The molecule has 1 amide bonds. The number of primary amides is 1. The van der Waals surface area contributed by atoms with Crippen LogP contribution in [0.15, 0.2) is 16.6 Å². The molecule has 0 bridgehead atoms. The van der Waals surface area contributed by atoms with Crippen molar-refractivity contribution in [1.82, 2.24) is 20.1 Å². The maximum atomic E-state index is 11.8. The standard InChI is InChI=1S/C20H26BrN7O/c1-28-8-7-15-12(11-28)9-14(10-16(15)21)24-20-25-19(17(18(22)29)26-27-20)23-13-5-3-2-4-6-13/h9-10,13H,2-8,11H2,1H3,(H2,22,29)(H2,23,24,25,27). The SMILES string of the molecule is CN1CCc2c(Br)cc(Nc3nnc(C(N)=O)c(NC4CCCCC4)n3)cc2C1. The Balaban J connectivity index is 1.58. The summed E-state index contributed by atoms with van der Waals surface area (Å²) in [5.74, 6) is 0.109. The van der Waals surface area contributed by atoms with E-state index in [2.05, 4.69) is 59.8 Å². The van der Waals surface area contributed by atoms with Crippen LogP contribution >= 0.6 is 15.9 Å². The normalized spacial score (nSPS) is 17.6. The number of nitrogens with zero attached hydrogens (tertiary/aromatic N) is 4. The fourth-order valence-corrected chi connectivity index (χ4v) is 4.77. The van der Waals surface area contributed by atoms with Crippen LogP contribution in [0.3, 0.4) is 0 Å².